The van der Waals surface area contributed by atoms with Crippen molar-refractivity contribution in [2.75, 3.05) is 13.1 Å². The monoisotopic (exact) mass is 372 g/mol. The maximum Gasteiger partial charge on any atom is 0.410 e. The largest absolute Gasteiger partial charge is 0.444 e. The standard InChI is InChI=1S/C22H32N2O3/c1-15(2)18-9-7-6-8-16(18)12-23-19(25)17-10-22(11-17)13-24(14-22)20(26)27-21(3,4)5/h6-9,15,17H,10-14H2,1-5H3,(H,23,25). The van der Waals surface area contributed by atoms with Gasteiger partial charge in [0.05, 0.1) is 0 Å². The minimum Gasteiger partial charge on any atom is -0.444 e. The van der Waals surface area contributed by atoms with Gasteiger partial charge in [0.1, 0.15) is 5.60 Å². The lowest BCUT2D eigenvalue weighted by Gasteiger charge is -2.58. The lowest BCUT2D eigenvalue weighted by atomic mass is 9.57. The van der Waals surface area contributed by atoms with Gasteiger partial charge >= 0.3 is 6.09 Å². The van der Waals surface area contributed by atoms with Gasteiger partial charge in [0.15, 0.2) is 0 Å². The van der Waals surface area contributed by atoms with Crippen LogP contribution in [0.25, 0.3) is 0 Å². The third kappa shape index (κ3) is 4.45. The molecule has 2 amide bonds. The molecule has 27 heavy (non-hydrogen) atoms. The van der Waals surface area contributed by atoms with Crippen LogP contribution >= 0.6 is 0 Å². The Labute approximate surface area is 162 Å². The van der Waals surface area contributed by atoms with Gasteiger partial charge in [0, 0.05) is 31.0 Å². The molecule has 2 aliphatic rings. The first-order chi connectivity index (χ1) is 12.6. The van der Waals surface area contributed by atoms with E-state index in [1.54, 1.807) is 4.90 Å². The Morgan fingerprint density at radius 2 is 1.85 bits per heavy atom. The first-order valence-electron chi connectivity index (χ1n) is 9.92. The maximum atomic E-state index is 12.5. The number of rotatable bonds is 4. The van der Waals surface area contributed by atoms with E-state index in [1.807, 2.05) is 32.9 Å². The molecule has 148 valence electrons. The van der Waals surface area contributed by atoms with E-state index in [0.29, 0.717) is 25.6 Å². The summed E-state index contributed by atoms with van der Waals surface area (Å²) >= 11 is 0. The SMILES string of the molecule is CC(C)c1ccccc1CNC(=O)C1CC2(C1)CN(C(=O)OC(C)(C)C)C2. The van der Waals surface area contributed by atoms with Gasteiger partial charge in [0.2, 0.25) is 5.91 Å². The molecule has 3 rings (SSSR count). The Kier molecular flexibility index (Phi) is 5.24. The summed E-state index contributed by atoms with van der Waals surface area (Å²) in [6, 6.07) is 8.28. The second kappa shape index (κ2) is 7.17. The molecule has 1 aromatic rings. The molecule has 1 spiro atoms. The Morgan fingerprint density at radius 3 is 2.44 bits per heavy atom. The van der Waals surface area contributed by atoms with Crippen LogP contribution in [0.3, 0.4) is 0 Å². The molecular formula is C22H32N2O3. The Bertz CT molecular complexity index is 707. The molecule has 1 aliphatic carbocycles. The number of hydrogen-bond acceptors (Lipinski definition) is 3. The van der Waals surface area contributed by atoms with Crippen LogP contribution in [0.2, 0.25) is 0 Å². The molecule has 2 fully saturated rings. The van der Waals surface area contributed by atoms with Crippen molar-refractivity contribution in [1.29, 1.82) is 0 Å². The van der Waals surface area contributed by atoms with Crippen molar-refractivity contribution < 1.29 is 14.3 Å². The van der Waals surface area contributed by atoms with E-state index < -0.39 is 5.60 Å². The van der Waals surface area contributed by atoms with E-state index >= 15 is 0 Å². The average Bonchev–Trinajstić information content (AvgIpc) is 2.48. The van der Waals surface area contributed by atoms with Crippen molar-refractivity contribution in [2.45, 2.75) is 65.5 Å². The zero-order valence-corrected chi connectivity index (χ0v) is 17.2. The van der Waals surface area contributed by atoms with Crippen molar-refractivity contribution in [3.63, 3.8) is 0 Å². The molecule has 0 radical (unpaired) electrons. The fourth-order valence-electron chi connectivity index (χ4n) is 4.23. The van der Waals surface area contributed by atoms with Crippen LogP contribution in [0.15, 0.2) is 24.3 Å². The molecule has 1 aliphatic heterocycles. The topological polar surface area (TPSA) is 58.6 Å². The summed E-state index contributed by atoms with van der Waals surface area (Å²) in [5.74, 6) is 0.644. The molecule has 0 atom stereocenters. The van der Waals surface area contributed by atoms with E-state index in [4.69, 9.17) is 4.74 Å². The van der Waals surface area contributed by atoms with Crippen molar-refractivity contribution in [2.24, 2.45) is 11.3 Å². The van der Waals surface area contributed by atoms with Gasteiger partial charge in [-0.15, -0.1) is 0 Å². The Morgan fingerprint density at radius 1 is 1.22 bits per heavy atom. The molecule has 5 heteroatoms. The molecule has 1 N–H and O–H groups in total. The van der Waals surface area contributed by atoms with Gasteiger partial charge in [-0.3, -0.25) is 4.79 Å². The highest BCUT2D eigenvalue weighted by Gasteiger charge is 2.56. The zero-order valence-electron chi connectivity index (χ0n) is 17.2. The molecule has 5 nitrogen and oxygen atoms in total. The first-order valence-corrected chi connectivity index (χ1v) is 9.92. The van der Waals surface area contributed by atoms with Gasteiger partial charge in [-0.25, -0.2) is 4.79 Å². The number of likely N-dealkylation sites (tertiary alicyclic amines) is 1. The number of benzene rings is 1. The van der Waals surface area contributed by atoms with E-state index in [9.17, 15) is 9.59 Å². The van der Waals surface area contributed by atoms with E-state index in [2.05, 4.69) is 31.3 Å². The predicted octanol–water partition coefficient (Wildman–Crippen LogP) is 4.07. The number of amides is 2. The lowest BCUT2D eigenvalue weighted by Crippen LogP contribution is -2.65. The number of hydrogen-bond donors (Lipinski definition) is 1. The number of carbonyl (C=O) groups is 2. The van der Waals surface area contributed by atoms with Gasteiger partial charge in [-0.1, -0.05) is 38.1 Å². The summed E-state index contributed by atoms with van der Waals surface area (Å²) in [6.07, 6.45) is 1.49. The van der Waals surface area contributed by atoms with Gasteiger partial charge in [-0.05, 0) is 50.7 Å². The molecule has 1 saturated carbocycles. The molecule has 0 bridgehead atoms. The molecule has 1 heterocycles. The third-order valence-electron chi connectivity index (χ3n) is 5.56. The second-order valence-corrected chi connectivity index (χ2v) is 9.51. The smallest absolute Gasteiger partial charge is 0.410 e. The molecular weight excluding hydrogens is 340 g/mol. The first kappa shape index (κ1) is 19.7. The van der Waals surface area contributed by atoms with Crippen LogP contribution in [0, 0.1) is 11.3 Å². The number of carbonyl (C=O) groups excluding carboxylic acids is 2. The van der Waals surface area contributed by atoms with Crippen LogP contribution in [0.5, 0.6) is 0 Å². The van der Waals surface area contributed by atoms with Crippen LogP contribution < -0.4 is 5.32 Å². The Hall–Kier alpha value is -2.04. The van der Waals surface area contributed by atoms with Crippen LogP contribution in [-0.2, 0) is 16.1 Å². The normalized spacial score (nSPS) is 18.8. The second-order valence-electron chi connectivity index (χ2n) is 9.51. The fourth-order valence-corrected chi connectivity index (χ4v) is 4.23. The van der Waals surface area contributed by atoms with Gasteiger partial charge < -0.3 is 15.0 Å². The van der Waals surface area contributed by atoms with Crippen molar-refractivity contribution in [1.82, 2.24) is 10.2 Å². The van der Waals surface area contributed by atoms with Crippen LogP contribution in [0.4, 0.5) is 4.79 Å². The van der Waals surface area contributed by atoms with Gasteiger partial charge in [-0.2, -0.15) is 0 Å². The van der Waals surface area contributed by atoms with Crippen LogP contribution in [-0.4, -0.2) is 35.6 Å². The van der Waals surface area contributed by atoms with Crippen LogP contribution in [0.1, 0.15) is 64.5 Å². The fraction of sp³-hybridized carbons (Fsp3) is 0.636. The number of nitrogens with zero attached hydrogens (tertiary/aromatic N) is 1. The summed E-state index contributed by atoms with van der Waals surface area (Å²) in [5, 5.41) is 3.10. The number of nitrogens with one attached hydrogen (secondary N) is 1. The highest BCUT2D eigenvalue weighted by atomic mass is 16.6. The van der Waals surface area contributed by atoms with Crippen molar-refractivity contribution in [3.05, 3.63) is 35.4 Å². The summed E-state index contributed by atoms with van der Waals surface area (Å²) in [6.45, 7) is 12.0. The summed E-state index contributed by atoms with van der Waals surface area (Å²) in [5.41, 5.74) is 2.15. The van der Waals surface area contributed by atoms with Gasteiger partial charge in [0.25, 0.3) is 0 Å². The highest BCUT2D eigenvalue weighted by Crippen LogP contribution is 2.52. The average molecular weight is 373 g/mol. The quantitative estimate of drug-likeness (QED) is 0.867. The minimum atomic E-state index is -0.464. The highest BCUT2D eigenvalue weighted by molar-refractivity contribution is 5.80. The lowest BCUT2D eigenvalue weighted by molar-refractivity contribution is -0.143. The summed E-state index contributed by atoms with van der Waals surface area (Å²) in [4.78, 5) is 26.3. The third-order valence-corrected chi connectivity index (χ3v) is 5.56. The van der Waals surface area contributed by atoms with Crippen molar-refractivity contribution >= 4 is 12.0 Å². The Balaban J connectivity index is 1.43. The molecule has 1 saturated heterocycles. The summed E-state index contributed by atoms with van der Waals surface area (Å²) < 4.78 is 5.40. The summed E-state index contributed by atoms with van der Waals surface area (Å²) in [7, 11) is 0. The van der Waals surface area contributed by atoms with E-state index in [1.165, 1.54) is 11.1 Å². The van der Waals surface area contributed by atoms with E-state index in [0.717, 1.165) is 12.8 Å². The van der Waals surface area contributed by atoms with E-state index in [-0.39, 0.29) is 23.3 Å². The van der Waals surface area contributed by atoms with Crippen molar-refractivity contribution in [3.8, 4) is 0 Å². The predicted molar refractivity (Wildman–Crippen MR) is 105 cm³/mol. The molecule has 1 aromatic carbocycles. The zero-order chi connectivity index (χ0) is 19.8. The molecule has 0 unspecified atom stereocenters. The molecule has 0 aromatic heterocycles. The minimum absolute atomic E-state index is 0.0667. The number of ether oxygens (including phenoxy) is 1. The maximum absolute atomic E-state index is 12.5.